The van der Waals surface area contributed by atoms with Crippen LogP contribution in [0.4, 0.5) is 14.5 Å². The molecule has 0 radical (unpaired) electrons. The van der Waals surface area contributed by atoms with Gasteiger partial charge in [0, 0.05) is 11.8 Å². The highest BCUT2D eigenvalue weighted by molar-refractivity contribution is 8.14. The first-order valence-corrected chi connectivity index (χ1v) is 6.88. The second kappa shape index (κ2) is 5.05. The van der Waals surface area contributed by atoms with Crippen LogP contribution < -0.4 is 5.32 Å². The third-order valence-corrected chi connectivity index (χ3v) is 3.77. The summed E-state index contributed by atoms with van der Waals surface area (Å²) in [6.45, 7) is 4.02. The second-order valence-corrected chi connectivity index (χ2v) is 6.19. The monoisotopic (exact) mass is 290 g/mol. The highest BCUT2D eigenvalue weighted by atomic mass is 35.5. The number of benzene rings is 1. The first-order chi connectivity index (χ1) is 8.37. The Morgan fingerprint density at radius 1 is 1.39 bits per heavy atom. The summed E-state index contributed by atoms with van der Waals surface area (Å²) in [6.07, 6.45) is 0.961. The molecule has 1 heterocycles. The van der Waals surface area contributed by atoms with Gasteiger partial charge in [0.25, 0.3) is 0 Å². The Hall–Kier alpha value is -0.810. The zero-order valence-electron chi connectivity index (χ0n) is 10.1. The maximum atomic E-state index is 13.6. The third kappa shape index (κ3) is 3.14. The summed E-state index contributed by atoms with van der Waals surface area (Å²) in [5.74, 6) is -0.507. The Kier molecular flexibility index (Phi) is 3.82. The number of rotatable bonds is 1. The van der Waals surface area contributed by atoms with Crippen LogP contribution in [0.2, 0.25) is 5.02 Å². The predicted molar refractivity (Wildman–Crippen MR) is 73.6 cm³/mol. The number of aliphatic imine (C=N–C) groups is 1. The summed E-state index contributed by atoms with van der Waals surface area (Å²) in [6, 6.07) is 1.87. The van der Waals surface area contributed by atoms with E-state index in [1.54, 1.807) is 0 Å². The standard InChI is InChI=1S/C12H13ClF2N2S/c1-12(2)3-4-18-11(17-12)16-10-8(13)5-7(14)6-9(10)15/h5-6H,3-4H2,1-2H3,(H,16,17). The van der Waals surface area contributed by atoms with Crippen LogP contribution in [0.1, 0.15) is 20.3 Å². The quantitative estimate of drug-likeness (QED) is 0.834. The minimum atomic E-state index is -0.716. The van der Waals surface area contributed by atoms with Crippen molar-refractivity contribution in [1.82, 2.24) is 0 Å². The van der Waals surface area contributed by atoms with E-state index in [2.05, 4.69) is 10.3 Å². The Morgan fingerprint density at radius 2 is 2.11 bits per heavy atom. The average molecular weight is 291 g/mol. The summed E-state index contributed by atoms with van der Waals surface area (Å²) in [5, 5.41) is 3.46. The number of hydrogen-bond acceptors (Lipinski definition) is 3. The molecule has 1 N–H and O–H groups in total. The number of anilines is 1. The molecule has 6 heteroatoms. The van der Waals surface area contributed by atoms with Gasteiger partial charge in [-0.15, -0.1) is 0 Å². The van der Waals surface area contributed by atoms with Gasteiger partial charge < -0.3 is 5.32 Å². The van der Waals surface area contributed by atoms with Crippen molar-refractivity contribution in [2.24, 2.45) is 4.99 Å². The average Bonchev–Trinajstić information content (AvgIpc) is 2.22. The molecule has 2 nitrogen and oxygen atoms in total. The van der Waals surface area contributed by atoms with Crippen LogP contribution in [0, 0.1) is 11.6 Å². The first kappa shape index (κ1) is 13.6. The highest BCUT2D eigenvalue weighted by Gasteiger charge is 2.23. The molecule has 1 aromatic rings. The van der Waals surface area contributed by atoms with E-state index in [0.29, 0.717) is 5.17 Å². The first-order valence-electron chi connectivity index (χ1n) is 5.52. The van der Waals surface area contributed by atoms with Gasteiger partial charge in [0.15, 0.2) is 11.0 Å². The number of hydrogen-bond donors (Lipinski definition) is 1. The largest absolute Gasteiger partial charge is 0.331 e. The van der Waals surface area contributed by atoms with Crippen molar-refractivity contribution >= 4 is 34.2 Å². The van der Waals surface area contributed by atoms with Crippen LogP contribution in [0.3, 0.4) is 0 Å². The molecule has 0 spiro atoms. The Labute approximate surface area is 114 Å². The van der Waals surface area contributed by atoms with Crippen LogP contribution in [0.5, 0.6) is 0 Å². The molecule has 0 unspecified atom stereocenters. The van der Waals surface area contributed by atoms with E-state index < -0.39 is 11.6 Å². The summed E-state index contributed by atoms with van der Waals surface area (Å²) >= 11 is 7.32. The van der Waals surface area contributed by atoms with E-state index in [1.165, 1.54) is 11.8 Å². The third-order valence-electron chi connectivity index (χ3n) is 2.60. The molecule has 0 atom stereocenters. The predicted octanol–water partition coefficient (Wildman–Crippen LogP) is 4.30. The van der Waals surface area contributed by atoms with Crippen LogP contribution in [-0.4, -0.2) is 16.5 Å². The van der Waals surface area contributed by atoms with Gasteiger partial charge in [-0.2, -0.15) is 0 Å². The molecule has 0 aromatic heterocycles. The lowest BCUT2D eigenvalue weighted by Crippen LogP contribution is -2.27. The fraction of sp³-hybridized carbons (Fsp3) is 0.417. The molecule has 0 amide bonds. The van der Waals surface area contributed by atoms with Crippen LogP contribution >= 0.6 is 23.4 Å². The number of amidine groups is 1. The molecule has 0 bridgehead atoms. The van der Waals surface area contributed by atoms with E-state index >= 15 is 0 Å². The van der Waals surface area contributed by atoms with Gasteiger partial charge in [-0.05, 0) is 26.3 Å². The van der Waals surface area contributed by atoms with E-state index in [4.69, 9.17) is 11.6 Å². The van der Waals surface area contributed by atoms with Crippen LogP contribution in [0.15, 0.2) is 17.1 Å². The number of nitrogens with zero attached hydrogens (tertiary/aromatic N) is 1. The lowest BCUT2D eigenvalue weighted by atomic mass is 10.0. The smallest absolute Gasteiger partial charge is 0.161 e. The van der Waals surface area contributed by atoms with E-state index in [1.807, 2.05) is 13.8 Å². The van der Waals surface area contributed by atoms with Gasteiger partial charge in [-0.1, -0.05) is 23.4 Å². The number of thioether (sulfide) groups is 1. The van der Waals surface area contributed by atoms with Crippen molar-refractivity contribution in [3.63, 3.8) is 0 Å². The zero-order chi connectivity index (χ0) is 13.3. The summed E-state index contributed by atoms with van der Waals surface area (Å²) in [5.41, 5.74) is -0.0988. The fourth-order valence-corrected chi connectivity index (χ4v) is 3.12. The van der Waals surface area contributed by atoms with Gasteiger partial charge in [0.05, 0.1) is 16.2 Å². The van der Waals surface area contributed by atoms with Gasteiger partial charge >= 0.3 is 0 Å². The lowest BCUT2D eigenvalue weighted by molar-refractivity contribution is 0.507. The van der Waals surface area contributed by atoms with E-state index in [0.717, 1.165) is 24.3 Å². The zero-order valence-corrected chi connectivity index (χ0v) is 11.6. The molecule has 1 aliphatic heterocycles. The summed E-state index contributed by atoms with van der Waals surface area (Å²) < 4.78 is 26.5. The highest BCUT2D eigenvalue weighted by Crippen LogP contribution is 2.31. The fourth-order valence-electron chi connectivity index (χ4n) is 1.59. The van der Waals surface area contributed by atoms with Crippen LogP contribution in [0.25, 0.3) is 0 Å². The topological polar surface area (TPSA) is 24.4 Å². The van der Waals surface area contributed by atoms with Crippen molar-refractivity contribution in [2.75, 3.05) is 11.1 Å². The minimum absolute atomic E-state index is 0.0131. The van der Waals surface area contributed by atoms with Crippen LogP contribution in [-0.2, 0) is 0 Å². The summed E-state index contributed by atoms with van der Waals surface area (Å²) in [7, 11) is 0. The van der Waals surface area contributed by atoms with E-state index in [-0.39, 0.29) is 16.2 Å². The van der Waals surface area contributed by atoms with Gasteiger partial charge in [0.1, 0.15) is 5.82 Å². The molecule has 2 rings (SSSR count). The number of halogens is 3. The van der Waals surface area contributed by atoms with Crippen molar-refractivity contribution in [3.8, 4) is 0 Å². The molecule has 98 valence electrons. The van der Waals surface area contributed by atoms with Gasteiger partial charge in [-0.3, -0.25) is 4.99 Å². The maximum absolute atomic E-state index is 13.6. The van der Waals surface area contributed by atoms with Gasteiger partial charge in [0.2, 0.25) is 0 Å². The molecule has 1 aromatic carbocycles. The molecular weight excluding hydrogens is 278 g/mol. The maximum Gasteiger partial charge on any atom is 0.161 e. The molecule has 1 aliphatic rings. The molecule has 0 saturated heterocycles. The number of nitrogens with one attached hydrogen (secondary N) is 1. The molecule has 0 saturated carbocycles. The molecule has 0 aliphatic carbocycles. The molecular formula is C12H13ClF2N2S. The van der Waals surface area contributed by atoms with Crippen molar-refractivity contribution < 1.29 is 8.78 Å². The van der Waals surface area contributed by atoms with Crippen molar-refractivity contribution in [3.05, 3.63) is 28.8 Å². The van der Waals surface area contributed by atoms with Crippen molar-refractivity contribution in [1.29, 1.82) is 0 Å². The summed E-state index contributed by atoms with van der Waals surface area (Å²) in [4.78, 5) is 4.46. The Bertz CT molecular complexity index is 480. The SMILES string of the molecule is CC1(C)CCSC(Nc2c(F)cc(F)cc2Cl)=N1. The van der Waals surface area contributed by atoms with Crippen molar-refractivity contribution in [2.45, 2.75) is 25.8 Å². The second-order valence-electron chi connectivity index (χ2n) is 4.70. The Balaban J connectivity index is 2.27. The molecule has 18 heavy (non-hydrogen) atoms. The van der Waals surface area contributed by atoms with Gasteiger partial charge in [-0.25, -0.2) is 8.78 Å². The normalized spacial score (nSPS) is 18.4. The minimum Gasteiger partial charge on any atom is -0.331 e. The van der Waals surface area contributed by atoms with E-state index in [9.17, 15) is 8.78 Å². The Morgan fingerprint density at radius 3 is 2.72 bits per heavy atom. The molecule has 0 fully saturated rings. The lowest BCUT2D eigenvalue weighted by Gasteiger charge is -2.26.